The molecule has 2 aromatic rings. The van der Waals surface area contributed by atoms with E-state index in [0.29, 0.717) is 6.61 Å². The highest BCUT2D eigenvalue weighted by molar-refractivity contribution is 5.81. The van der Waals surface area contributed by atoms with Gasteiger partial charge in [0.1, 0.15) is 5.75 Å². The van der Waals surface area contributed by atoms with E-state index < -0.39 is 0 Å². The molecule has 18 heavy (non-hydrogen) atoms. The van der Waals surface area contributed by atoms with E-state index in [0.717, 1.165) is 18.9 Å². The lowest BCUT2D eigenvalue weighted by atomic mass is 10.2. The van der Waals surface area contributed by atoms with Crippen molar-refractivity contribution in [3.63, 3.8) is 0 Å². The zero-order chi connectivity index (χ0) is 13.0. The average molecular weight is 247 g/mol. The van der Waals surface area contributed by atoms with E-state index in [1.807, 2.05) is 13.0 Å². The molecule has 0 saturated carbocycles. The summed E-state index contributed by atoms with van der Waals surface area (Å²) in [6.07, 6.45) is 2.39. The van der Waals surface area contributed by atoms with Crippen molar-refractivity contribution in [2.45, 2.75) is 33.4 Å². The molecule has 0 saturated heterocycles. The smallest absolute Gasteiger partial charge is 0.120 e. The van der Waals surface area contributed by atoms with Crippen molar-refractivity contribution in [1.82, 2.24) is 4.57 Å². The predicted molar refractivity (Wildman–Crippen MR) is 74.2 cm³/mol. The van der Waals surface area contributed by atoms with Crippen LogP contribution in [0.3, 0.4) is 0 Å². The standard InChI is InChI=1S/C15H21NO2/c1-4-17-14-5-6-15-13(11-14)7-8-16(15)9-10-18-12(2)3/h5-8,11-12H,4,9-10H2,1-3H3. The fourth-order valence-electron chi connectivity index (χ4n) is 2.02. The molecular formula is C15H21NO2. The van der Waals surface area contributed by atoms with Crippen molar-refractivity contribution in [2.24, 2.45) is 0 Å². The minimum absolute atomic E-state index is 0.288. The van der Waals surface area contributed by atoms with E-state index in [4.69, 9.17) is 9.47 Å². The number of ether oxygens (including phenoxy) is 2. The molecule has 3 nitrogen and oxygen atoms in total. The first-order valence-electron chi connectivity index (χ1n) is 6.54. The van der Waals surface area contributed by atoms with E-state index >= 15 is 0 Å². The number of benzene rings is 1. The van der Waals surface area contributed by atoms with Crippen LogP contribution in [0.5, 0.6) is 5.75 Å². The maximum Gasteiger partial charge on any atom is 0.120 e. The quantitative estimate of drug-likeness (QED) is 0.780. The van der Waals surface area contributed by atoms with Crippen LogP contribution in [0, 0.1) is 0 Å². The van der Waals surface area contributed by atoms with Gasteiger partial charge in [0, 0.05) is 23.6 Å². The lowest BCUT2D eigenvalue weighted by Crippen LogP contribution is -2.09. The Morgan fingerprint density at radius 3 is 2.78 bits per heavy atom. The summed E-state index contributed by atoms with van der Waals surface area (Å²) in [4.78, 5) is 0. The van der Waals surface area contributed by atoms with Crippen molar-refractivity contribution >= 4 is 10.9 Å². The third-order valence-corrected chi connectivity index (χ3v) is 2.84. The van der Waals surface area contributed by atoms with Crippen molar-refractivity contribution < 1.29 is 9.47 Å². The van der Waals surface area contributed by atoms with Gasteiger partial charge >= 0.3 is 0 Å². The first-order chi connectivity index (χ1) is 8.70. The summed E-state index contributed by atoms with van der Waals surface area (Å²) >= 11 is 0. The normalized spacial score (nSPS) is 11.3. The SMILES string of the molecule is CCOc1ccc2c(ccn2CCOC(C)C)c1. The monoisotopic (exact) mass is 247 g/mol. The van der Waals surface area contributed by atoms with Crippen molar-refractivity contribution in [1.29, 1.82) is 0 Å². The second-order valence-electron chi connectivity index (χ2n) is 4.58. The van der Waals surface area contributed by atoms with E-state index in [1.54, 1.807) is 0 Å². The van der Waals surface area contributed by atoms with E-state index in [1.165, 1.54) is 10.9 Å². The highest BCUT2D eigenvalue weighted by atomic mass is 16.5. The lowest BCUT2D eigenvalue weighted by Gasteiger charge is -2.09. The Balaban J connectivity index is 2.10. The number of rotatable bonds is 6. The van der Waals surface area contributed by atoms with Gasteiger partial charge in [-0.3, -0.25) is 0 Å². The number of hydrogen-bond acceptors (Lipinski definition) is 2. The van der Waals surface area contributed by atoms with Crippen LogP contribution in [0.2, 0.25) is 0 Å². The van der Waals surface area contributed by atoms with E-state index in [-0.39, 0.29) is 6.10 Å². The Morgan fingerprint density at radius 2 is 2.06 bits per heavy atom. The molecule has 0 unspecified atom stereocenters. The maximum atomic E-state index is 5.58. The van der Waals surface area contributed by atoms with Crippen LogP contribution in [0.15, 0.2) is 30.5 Å². The summed E-state index contributed by atoms with van der Waals surface area (Å²) in [6.45, 7) is 8.45. The molecule has 2 rings (SSSR count). The zero-order valence-electron chi connectivity index (χ0n) is 11.3. The number of fused-ring (bicyclic) bond motifs is 1. The Kier molecular flexibility index (Phi) is 4.26. The van der Waals surface area contributed by atoms with Crippen molar-refractivity contribution in [3.05, 3.63) is 30.5 Å². The van der Waals surface area contributed by atoms with Gasteiger partial charge in [-0.2, -0.15) is 0 Å². The topological polar surface area (TPSA) is 23.4 Å². The van der Waals surface area contributed by atoms with Crippen LogP contribution in [0.1, 0.15) is 20.8 Å². The summed E-state index contributed by atoms with van der Waals surface area (Å²) in [6, 6.07) is 8.33. The Labute approximate surface area is 108 Å². The first kappa shape index (κ1) is 13.0. The highest BCUT2D eigenvalue weighted by Gasteiger charge is 2.03. The molecule has 1 heterocycles. The summed E-state index contributed by atoms with van der Waals surface area (Å²) in [5.74, 6) is 0.932. The zero-order valence-corrected chi connectivity index (χ0v) is 11.3. The average Bonchev–Trinajstić information content (AvgIpc) is 2.72. The summed E-state index contributed by atoms with van der Waals surface area (Å²) in [5.41, 5.74) is 1.23. The molecule has 0 atom stereocenters. The van der Waals surface area contributed by atoms with Crippen LogP contribution in [0.4, 0.5) is 0 Å². The Hall–Kier alpha value is -1.48. The molecule has 0 radical (unpaired) electrons. The van der Waals surface area contributed by atoms with Crippen molar-refractivity contribution in [3.8, 4) is 5.75 Å². The van der Waals surface area contributed by atoms with Gasteiger partial charge in [-0.1, -0.05) is 0 Å². The predicted octanol–water partition coefficient (Wildman–Crippen LogP) is 3.47. The molecule has 3 heteroatoms. The number of nitrogens with zero attached hydrogens (tertiary/aromatic N) is 1. The van der Waals surface area contributed by atoms with Gasteiger partial charge in [0.15, 0.2) is 0 Å². The molecule has 0 N–H and O–H groups in total. The van der Waals surface area contributed by atoms with Gasteiger partial charge in [0.05, 0.1) is 19.3 Å². The largest absolute Gasteiger partial charge is 0.494 e. The van der Waals surface area contributed by atoms with Crippen LogP contribution >= 0.6 is 0 Å². The molecule has 1 aromatic carbocycles. The molecular weight excluding hydrogens is 226 g/mol. The summed E-state index contributed by atoms with van der Waals surface area (Å²) in [7, 11) is 0. The number of aromatic nitrogens is 1. The van der Waals surface area contributed by atoms with Gasteiger partial charge in [-0.25, -0.2) is 0 Å². The van der Waals surface area contributed by atoms with Gasteiger partial charge in [-0.15, -0.1) is 0 Å². The third kappa shape index (κ3) is 3.05. The maximum absolute atomic E-state index is 5.58. The molecule has 1 aromatic heterocycles. The third-order valence-electron chi connectivity index (χ3n) is 2.84. The molecule has 0 aliphatic heterocycles. The molecule has 0 amide bonds. The van der Waals surface area contributed by atoms with Gasteiger partial charge in [0.25, 0.3) is 0 Å². The molecule has 0 spiro atoms. The highest BCUT2D eigenvalue weighted by Crippen LogP contribution is 2.22. The second-order valence-corrected chi connectivity index (χ2v) is 4.58. The minimum atomic E-state index is 0.288. The van der Waals surface area contributed by atoms with E-state index in [9.17, 15) is 0 Å². The van der Waals surface area contributed by atoms with E-state index in [2.05, 4.69) is 42.8 Å². The molecule has 0 fully saturated rings. The molecule has 98 valence electrons. The Bertz CT molecular complexity index is 502. The Morgan fingerprint density at radius 1 is 1.22 bits per heavy atom. The van der Waals surface area contributed by atoms with Gasteiger partial charge in [-0.05, 0) is 45.0 Å². The van der Waals surface area contributed by atoms with Gasteiger partial charge in [0.2, 0.25) is 0 Å². The second kappa shape index (κ2) is 5.91. The van der Waals surface area contributed by atoms with Gasteiger partial charge < -0.3 is 14.0 Å². The molecule has 0 aliphatic rings. The first-order valence-corrected chi connectivity index (χ1v) is 6.54. The molecule has 0 aliphatic carbocycles. The fraction of sp³-hybridized carbons (Fsp3) is 0.467. The molecule has 0 bridgehead atoms. The lowest BCUT2D eigenvalue weighted by molar-refractivity contribution is 0.0733. The summed E-state index contributed by atoms with van der Waals surface area (Å²) in [5, 5.41) is 1.21. The van der Waals surface area contributed by atoms with Crippen LogP contribution < -0.4 is 4.74 Å². The van der Waals surface area contributed by atoms with Crippen molar-refractivity contribution in [2.75, 3.05) is 13.2 Å². The number of hydrogen-bond donors (Lipinski definition) is 0. The fourth-order valence-corrected chi connectivity index (χ4v) is 2.02. The summed E-state index contributed by atoms with van der Waals surface area (Å²) < 4.78 is 13.3. The van der Waals surface area contributed by atoms with Crippen LogP contribution in [-0.2, 0) is 11.3 Å². The minimum Gasteiger partial charge on any atom is -0.494 e. The van der Waals surface area contributed by atoms with Crippen LogP contribution in [-0.4, -0.2) is 23.9 Å². The van der Waals surface area contributed by atoms with Crippen LogP contribution in [0.25, 0.3) is 10.9 Å².